The van der Waals surface area contributed by atoms with Crippen molar-refractivity contribution in [3.63, 3.8) is 0 Å². The van der Waals surface area contributed by atoms with Crippen molar-refractivity contribution in [2.24, 2.45) is 0 Å². The van der Waals surface area contributed by atoms with Crippen molar-refractivity contribution in [2.75, 3.05) is 4.90 Å². The molecule has 112 valence electrons. The third-order valence-corrected chi connectivity index (χ3v) is 4.64. The van der Waals surface area contributed by atoms with Gasteiger partial charge in [-0.1, -0.05) is 11.8 Å². The zero-order valence-electron chi connectivity index (χ0n) is 11.8. The number of fused-ring (bicyclic) bond motifs is 2. The van der Waals surface area contributed by atoms with Gasteiger partial charge in [-0.05, 0) is 24.3 Å². The molecule has 0 unspecified atom stereocenters. The van der Waals surface area contributed by atoms with Crippen LogP contribution in [0.1, 0.15) is 0 Å². The fourth-order valence-corrected chi connectivity index (χ4v) is 3.51. The molecule has 1 aromatic carbocycles. The Balaban J connectivity index is 1.89. The summed E-state index contributed by atoms with van der Waals surface area (Å²) in [6.07, 6.45) is 7.11. The van der Waals surface area contributed by atoms with E-state index in [1.165, 1.54) is 12.1 Å². The average Bonchev–Trinajstić information content (AvgIpc) is 2.59. The first-order chi connectivity index (χ1) is 11.2. The maximum Gasteiger partial charge on any atom is 0.269 e. The number of non-ortho nitro benzene ring substituents is 1. The Morgan fingerprint density at radius 2 is 1.65 bits per heavy atom. The second-order valence-corrected chi connectivity index (χ2v) is 5.98. The van der Waals surface area contributed by atoms with Gasteiger partial charge in [0.1, 0.15) is 0 Å². The fourth-order valence-electron chi connectivity index (χ4n) is 2.51. The van der Waals surface area contributed by atoms with Gasteiger partial charge in [-0.2, -0.15) is 0 Å². The van der Waals surface area contributed by atoms with E-state index in [4.69, 9.17) is 0 Å². The predicted octanol–water partition coefficient (Wildman–Crippen LogP) is 4.32. The molecule has 0 saturated carbocycles. The van der Waals surface area contributed by atoms with Crippen molar-refractivity contribution in [1.29, 1.82) is 0 Å². The summed E-state index contributed by atoms with van der Waals surface area (Å²) in [5.41, 5.74) is 2.85. The molecule has 1 aliphatic rings. The van der Waals surface area contributed by atoms with Crippen LogP contribution in [0, 0.1) is 10.1 Å². The Labute approximate surface area is 136 Å². The van der Waals surface area contributed by atoms with Crippen LogP contribution in [0.4, 0.5) is 22.7 Å². The summed E-state index contributed by atoms with van der Waals surface area (Å²) >= 11 is 1.64. The molecule has 0 aliphatic carbocycles. The lowest BCUT2D eigenvalue weighted by atomic mass is 10.2. The number of aromatic nitrogens is 2. The largest absolute Gasteiger partial charge is 0.307 e. The zero-order chi connectivity index (χ0) is 15.8. The van der Waals surface area contributed by atoms with Gasteiger partial charge in [0, 0.05) is 41.3 Å². The highest BCUT2D eigenvalue weighted by atomic mass is 32.2. The lowest BCUT2D eigenvalue weighted by Gasteiger charge is -2.31. The van der Waals surface area contributed by atoms with Crippen LogP contribution < -0.4 is 4.90 Å². The summed E-state index contributed by atoms with van der Waals surface area (Å²) in [5.74, 6) is 0. The van der Waals surface area contributed by atoms with Gasteiger partial charge in [-0.15, -0.1) is 0 Å². The Hall–Kier alpha value is -2.93. The van der Waals surface area contributed by atoms with E-state index in [0.29, 0.717) is 0 Å². The first-order valence-electron chi connectivity index (χ1n) is 6.84. The Kier molecular flexibility index (Phi) is 3.20. The Bertz CT molecular complexity index is 853. The van der Waals surface area contributed by atoms with Crippen molar-refractivity contribution in [3.05, 3.63) is 71.3 Å². The summed E-state index contributed by atoms with van der Waals surface area (Å²) in [6.45, 7) is 0. The van der Waals surface area contributed by atoms with Crippen molar-refractivity contribution in [3.8, 4) is 0 Å². The lowest BCUT2D eigenvalue weighted by Crippen LogP contribution is -2.15. The molecule has 0 saturated heterocycles. The number of hydrogen-bond acceptors (Lipinski definition) is 6. The Morgan fingerprint density at radius 1 is 0.913 bits per heavy atom. The van der Waals surface area contributed by atoms with Crippen molar-refractivity contribution >= 4 is 34.5 Å². The van der Waals surface area contributed by atoms with Gasteiger partial charge < -0.3 is 4.90 Å². The Morgan fingerprint density at radius 3 is 2.43 bits per heavy atom. The number of benzene rings is 1. The predicted molar refractivity (Wildman–Crippen MR) is 87.5 cm³/mol. The van der Waals surface area contributed by atoms with Gasteiger partial charge >= 0.3 is 0 Å². The average molecular weight is 322 g/mol. The van der Waals surface area contributed by atoms with Crippen LogP contribution in [0.25, 0.3) is 0 Å². The molecule has 23 heavy (non-hydrogen) atoms. The molecule has 0 fully saturated rings. The molecule has 7 heteroatoms. The van der Waals surface area contributed by atoms with Crippen LogP contribution in [0.15, 0.2) is 71.0 Å². The minimum Gasteiger partial charge on any atom is -0.307 e. The van der Waals surface area contributed by atoms with Gasteiger partial charge in [0.15, 0.2) is 0 Å². The van der Waals surface area contributed by atoms with Gasteiger partial charge in [0.2, 0.25) is 0 Å². The van der Waals surface area contributed by atoms with E-state index in [1.807, 2.05) is 23.2 Å². The third-order valence-electron chi connectivity index (χ3n) is 3.54. The molecule has 3 aromatic rings. The van der Waals surface area contributed by atoms with E-state index in [2.05, 4.69) is 9.97 Å². The molecule has 0 amide bonds. The highest BCUT2D eigenvalue weighted by Gasteiger charge is 2.25. The second-order valence-electron chi connectivity index (χ2n) is 4.90. The van der Waals surface area contributed by atoms with E-state index < -0.39 is 4.92 Å². The number of anilines is 3. The molecule has 4 rings (SSSR count). The number of pyridine rings is 2. The molecule has 1 aliphatic heterocycles. The number of nitro benzene ring substituents is 1. The van der Waals surface area contributed by atoms with Crippen molar-refractivity contribution in [1.82, 2.24) is 9.97 Å². The number of hydrogen-bond donors (Lipinski definition) is 0. The quantitative estimate of drug-likeness (QED) is 0.404. The topological polar surface area (TPSA) is 72.2 Å². The summed E-state index contributed by atoms with van der Waals surface area (Å²) in [5, 5.41) is 10.9. The fraction of sp³-hybridized carbons (Fsp3) is 0. The smallest absolute Gasteiger partial charge is 0.269 e. The second kappa shape index (κ2) is 5.36. The molecule has 3 heterocycles. The molecule has 0 N–H and O–H groups in total. The summed E-state index contributed by atoms with van der Waals surface area (Å²) in [7, 11) is 0. The maximum atomic E-state index is 10.9. The normalized spacial score (nSPS) is 12.4. The molecule has 6 nitrogen and oxygen atoms in total. The molecule has 0 radical (unpaired) electrons. The number of nitrogens with zero attached hydrogens (tertiary/aromatic N) is 4. The third kappa shape index (κ3) is 2.31. The molecule has 0 atom stereocenters. The number of rotatable bonds is 2. The van der Waals surface area contributed by atoms with Gasteiger partial charge in [-0.3, -0.25) is 20.1 Å². The standard InChI is InChI=1S/C16H10N4O2S/c21-20(22)12-3-1-11(2-4-12)19-13-5-7-18-10-16(13)23-15-6-8-17-9-14(15)19/h1-10H. The molecule has 0 bridgehead atoms. The van der Waals surface area contributed by atoms with Crippen LogP contribution in [-0.4, -0.2) is 14.9 Å². The van der Waals surface area contributed by atoms with Gasteiger partial charge in [-0.25, -0.2) is 0 Å². The van der Waals surface area contributed by atoms with Crippen LogP contribution in [0.5, 0.6) is 0 Å². The maximum absolute atomic E-state index is 10.9. The zero-order valence-corrected chi connectivity index (χ0v) is 12.6. The molecule has 0 spiro atoms. The summed E-state index contributed by atoms with van der Waals surface area (Å²) < 4.78 is 0. The first kappa shape index (κ1) is 13.7. The number of nitro groups is 1. The van der Waals surface area contributed by atoms with Gasteiger partial charge in [0.25, 0.3) is 5.69 Å². The van der Waals surface area contributed by atoms with E-state index in [1.54, 1.807) is 42.5 Å². The van der Waals surface area contributed by atoms with E-state index in [9.17, 15) is 10.1 Å². The lowest BCUT2D eigenvalue weighted by molar-refractivity contribution is -0.384. The summed E-state index contributed by atoms with van der Waals surface area (Å²) in [4.78, 5) is 23.0. The van der Waals surface area contributed by atoms with Crippen LogP contribution in [0.3, 0.4) is 0 Å². The molecule has 2 aromatic heterocycles. The molecular formula is C16H10N4O2S. The first-order valence-corrected chi connectivity index (χ1v) is 7.66. The van der Waals surface area contributed by atoms with Crippen molar-refractivity contribution in [2.45, 2.75) is 9.79 Å². The summed E-state index contributed by atoms with van der Waals surface area (Å²) in [6, 6.07) is 10.4. The highest BCUT2D eigenvalue weighted by Crippen LogP contribution is 2.50. The van der Waals surface area contributed by atoms with E-state index in [0.717, 1.165) is 26.9 Å². The monoisotopic (exact) mass is 322 g/mol. The SMILES string of the molecule is O=[N+]([O-])c1ccc(N2c3ccncc3Sc3ccncc32)cc1. The minimum atomic E-state index is -0.400. The van der Waals surface area contributed by atoms with Crippen LogP contribution >= 0.6 is 11.8 Å². The van der Waals surface area contributed by atoms with Gasteiger partial charge in [0.05, 0.1) is 27.4 Å². The van der Waals surface area contributed by atoms with E-state index in [-0.39, 0.29) is 5.69 Å². The molecular weight excluding hydrogens is 312 g/mol. The van der Waals surface area contributed by atoms with E-state index >= 15 is 0 Å². The van der Waals surface area contributed by atoms with Crippen molar-refractivity contribution < 1.29 is 4.92 Å². The van der Waals surface area contributed by atoms with Crippen LogP contribution in [0.2, 0.25) is 0 Å². The highest BCUT2D eigenvalue weighted by molar-refractivity contribution is 7.99. The minimum absolute atomic E-state index is 0.0708. The van der Waals surface area contributed by atoms with Crippen LogP contribution in [-0.2, 0) is 0 Å².